The Morgan fingerprint density at radius 3 is 2.40 bits per heavy atom. The molecule has 0 saturated heterocycles. The number of aromatic nitrogens is 3. The minimum atomic E-state index is -4.79. The van der Waals surface area contributed by atoms with Crippen molar-refractivity contribution in [3.8, 4) is 17.0 Å². The molecule has 0 saturated carbocycles. The molecular formula is C16H12F5N3O. The van der Waals surface area contributed by atoms with Gasteiger partial charge in [0.1, 0.15) is 12.1 Å². The van der Waals surface area contributed by atoms with Crippen molar-refractivity contribution in [3.05, 3.63) is 47.9 Å². The van der Waals surface area contributed by atoms with Crippen molar-refractivity contribution >= 4 is 5.52 Å². The van der Waals surface area contributed by atoms with E-state index in [4.69, 9.17) is 0 Å². The maximum absolute atomic E-state index is 13.6. The summed E-state index contributed by atoms with van der Waals surface area (Å²) >= 11 is 0. The minimum absolute atomic E-state index is 0.174. The summed E-state index contributed by atoms with van der Waals surface area (Å²) in [6.45, 7) is 2.34. The zero-order valence-electron chi connectivity index (χ0n) is 13.1. The summed E-state index contributed by atoms with van der Waals surface area (Å²) in [4.78, 5) is 4.13. The Bertz CT molecular complexity index is 928. The second-order valence-electron chi connectivity index (χ2n) is 5.58. The summed E-state index contributed by atoms with van der Waals surface area (Å²) in [5.41, 5.74) is 1.22. The molecule has 0 aliphatic carbocycles. The third-order valence-electron chi connectivity index (χ3n) is 3.59. The second kappa shape index (κ2) is 5.68. The van der Waals surface area contributed by atoms with Crippen molar-refractivity contribution < 1.29 is 26.7 Å². The molecule has 1 aromatic carbocycles. The molecule has 0 fully saturated rings. The normalized spacial score (nSPS) is 12.6. The van der Waals surface area contributed by atoms with E-state index in [-0.39, 0.29) is 16.8 Å². The lowest BCUT2D eigenvalue weighted by atomic mass is 10.0. The fraction of sp³-hybridized carbons (Fsp3) is 0.250. The molecule has 2 aromatic heterocycles. The van der Waals surface area contributed by atoms with Crippen molar-refractivity contribution in [1.29, 1.82) is 0 Å². The van der Waals surface area contributed by atoms with E-state index in [0.29, 0.717) is 16.8 Å². The van der Waals surface area contributed by atoms with E-state index in [1.54, 1.807) is 6.92 Å². The van der Waals surface area contributed by atoms with Crippen LogP contribution in [0.25, 0.3) is 16.8 Å². The number of halogens is 5. The van der Waals surface area contributed by atoms with Crippen LogP contribution in [0.5, 0.6) is 5.75 Å². The van der Waals surface area contributed by atoms with Crippen LogP contribution in [0.1, 0.15) is 18.1 Å². The van der Waals surface area contributed by atoms with Crippen molar-refractivity contribution in [2.24, 2.45) is 0 Å². The average molecular weight is 357 g/mol. The lowest BCUT2D eigenvalue weighted by Crippen LogP contribution is -2.17. The Morgan fingerprint density at radius 2 is 1.80 bits per heavy atom. The molecule has 4 nitrogen and oxygen atoms in total. The molecule has 25 heavy (non-hydrogen) atoms. The van der Waals surface area contributed by atoms with Gasteiger partial charge in [0.05, 0.1) is 23.0 Å². The first-order valence-electron chi connectivity index (χ1n) is 7.13. The van der Waals surface area contributed by atoms with Crippen LogP contribution in [0.15, 0.2) is 36.8 Å². The van der Waals surface area contributed by atoms with Crippen LogP contribution < -0.4 is 4.74 Å². The van der Waals surface area contributed by atoms with Gasteiger partial charge in [-0.1, -0.05) is 0 Å². The zero-order valence-corrected chi connectivity index (χ0v) is 13.1. The van der Waals surface area contributed by atoms with Crippen LogP contribution in [-0.2, 0) is 5.92 Å². The van der Waals surface area contributed by atoms with Crippen LogP contribution in [0.4, 0.5) is 22.0 Å². The highest BCUT2D eigenvalue weighted by Crippen LogP contribution is 2.33. The van der Waals surface area contributed by atoms with Crippen LogP contribution >= 0.6 is 0 Å². The number of hydrogen-bond donors (Lipinski definition) is 0. The highest BCUT2D eigenvalue weighted by Gasteiger charge is 2.31. The molecule has 2 heterocycles. The van der Waals surface area contributed by atoms with Gasteiger partial charge < -0.3 is 4.74 Å². The Morgan fingerprint density at radius 1 is 1.08 bits per heavy atom. The largest absolute Gasteiger partial charge is 0.573 e. The number of aryl methyl sites for hydroxylation is 1. The summed E-state index contributed by atoms with van der Waals surface area (Å²) in [6, 6.07) is 5.18. The maximum atomic E-state index is 13.6. The predicted octanol–water partition coefficient (Wildman–Crippen LogP) is 4.72. The number of hydrogen-bond acceptors (Lipinski definition) is 3. The number of rotatable bonds is 3. The quantitative estimate of drug-likeness (QED) is 0.637. The van der Waals surface area contributed by atoms with Gasteiger partial charge in [-0.25, -0.2) is 18.3 Å². The third kappa shape index (κ3) is 3.54. The summed E-state index contributed by atoms with van der Waals surface area (Å²) in [6.07, 6.45) is -2.45. The van der Waals surface area contributed by atoms with Crippen LogP contribution in [0.3, 0.4) is 0 Å². The van der Waals surface area contributed by atoms with Gasteiger partial charge in [-0.05, 0) is 36.8 Å². The Labute approximate surface area is 138 Å². The fourth-order valence-corrected chi connectivity index (χ4v) is 2.50. The van der Waals surface area contributed by atoms with Gasteiger partial charge in [-0.3, -0.25) is 0 Å². The van der Waals surface area contributed by atoms with Crippen molar-refractivity contribution in [3.63, 3.8) is 0 Å². The van der Waals surface area contributed by atoms with E-state index in [1.807, 2.05) is 0 Å². The summed E-state index contributed by atoms with van der Waals surface area (Å²) < 4.78 is 69.2. The lowest BCUT2D eigenvalue weighted by molar-refractivity contribution is -0.274. The summed E-state index contributed by atoms with van der Waals surface area (Å²) in [7, 11) is 0. The Hall–Kier alpha value is -2.71. The molecule has 9 heteroatoms. The van der Waals surface area contributed by atoms with Crippen LogP contribution in [-0.4, -0.2) is 21.0 Å². The molecule has 0 aliphatic heterocycles. The smallest absolute Gasteiger partial charge is 0.406 e. The molecule has 0 spiro atoms. The first kappa shape index (κ1) is 17.1. The Balaban J connectivity index is 2.04. The van der Waals surface area contributed by atoms with Gasteiger partial charge in [0.15, 0.2) is 0 Å². The molecule has 0 aliphatic rings. The molecule has 0 N–H and O–H groups in total. The third-order valence-corrected chi connectivity index (χ3v) is 3.59. The lowest BCUT2D eigenvalue weighted by Gasteiger charge is -2.12. The summed E-state index contributed by atoms with van der Waals surface area (Å²) in [5, 5.41) is 3.83. The molecular weight excluding hydrogens is 345 g/mol. The van der Waals surface area contributed by atoms with E-state index in [0.717, 1.165) is 19.2 Å². The molecule has 0 unspecified atom stereocenters. The van der Waals surface area contributed by atoms with Crippen molar-refractivity contribution in [1.82, 2.24) is 14.6 Å². The number of fused-ring (bicyclic) bond motifs is 1. The number of ether oxygens (including phenoxy) is 1. The number of nitrogens with zero attached hydrogens (tertiary/aromatic N) is 3. The van der Waals surface area contributed by atoms with E-state index in [1.165, 1.54) is 29.0 Å². The maximum Gasteiger partial charge on any atom is 0.573 e. The van der Waals surface area contributed by atoms with Gasteiger partial charge >= 0.3 is 6.36 Å². The second-order valence-corrected chi connectivity index (χ2v) is 5.58. The van der Waals surface area contributed by atoms with E-state index in [9.17, 15) is 22.0 Å². The fourth-order valence-electron chi connectivity index (χ4n) is 2.50. The van der Waals surface area contributed by atoms with Crippen molar-refractivity contribution in [2.75, 3.05) is 0 Å². The number of benzene rings is 1. The highest BCUT2D eigenvalue weighted by molar-refractivity contribution is 5.70. The molecule has 3 aromatic rings. The van der Waals surface area contributed by atoms with Crippen LogP contribution in [0.2, 0.25) is 0 Å². The molecule has 0 radical (unpaired) electrons. The van der Waals surface area contributed by atoms with Crippen LogP contribution in [0, 0.1) is 6.92 Å². The number of alkyl halides is 5. The monoisotopic (exact) mass is 357 g/mol. The first-order chi connectivity index (χ1) is 11.5. The van der Waals surface area contributed by atoms with Gasteiger partial charge in [0.25, 0.3) is 5.92 Å². The van der Waals surface area contributed by atoms with Gasteiger partial charge in [-0.15, -0.1) is 13.2 Å². The standard InChI is InChI=1S/C16H12F5N3O/c1-9-5-10(25-16(19,20)21)3-4-11(9)13-6-14-12(15(2,17)18)7-23-24(14)8-22-13/h3-8H,1-2H3. The Kier molecular flexibility index (Phi) is 3.89. The summed E-state index contributed by atoms with van der Waals surface area (Å²) in [5.74, 6) is -3.44. The molecule has 3 rings (SSSR count). The SMILES string of the molecule is Cc1cc(OC(F)(F)F)ccc1-c1cc2c(C(C)(F)F)cnn2cn1. The molecule has 0 atom stereocenters. The zero-order chi connectivity index (χ0) is 18.4. The first-order valence-corrected chi connectivity index (χ1v) is 7.13. The van der Waals surface area contributed by atoms with Gasteiger partial charge in [-0.2, -0.15) is 5.10 Å². The molecule has 0 bridgehead atoms. The average Bonchev–Trinajstić information content (AvgIpc) is 2.88. The predicted molar refractivity (Wildman–Crippen MR) is 79.4 cm³/mol. The van der Waals surface area contributed by atoms with Gasteiger partial charge in [0.2, 0.25) is 0 Å². The molecule has 132 valence electrons. The van der Waals surface area contributed by atoms with E-state index in [2.05, 4.69) is 14.8 Å². The topological polar surface area (TPSA) is 39.4 Å². The molecule has 0 amide bonds. The minimum Gasteiger partial charge on any atom is -0.406 e. The van der Waals surface area contributed by atoms with E-state index < -0.39 is 12.3 Å². The van der Waals surface area contributed by atoms with Gasteiger partial charge in [0, 0.05) is 12.5 Å². The highest BCUT2D eigenvalue weighted by atomic mass is 19.4. The van der Waals surface area contributed by atoms with Crippen molar-refractivity contribution in [2.45, 2.75) is 26.1 Å². The van der Waals surface area contributed by atoms with E-state index >= 15 is 0 Å².